The van der Waals surface area contributed by atoms with E-state index in [2.05, 4.69) is 10.6 Å². The highest BCUT2D eigenvalue weighted by molar-refractivity contribution is 5.99. The smallest absolute Gasteiger partial charge is 0.335 e. The molecule has 0 radical (unpaired) electrons. The third kappa shape index (κ3) is 8.26. The Morgan fingerprint density at radius 2 is 1.07 bits per heavy atom. The third-order valence-electron chi connectivity index (χ3n) is 5.01. The molecule has 1 aromatic carbocycles. The summed E-state index contributed by atoms with van der Waals surface area (Å²) in [6, 6.07) is 4.49. The van der Waals surface area contributed by atoms with Crippen molar-refractivity contribution in [1.82, 2.24) is 0 Å². The van der Waals surface area contributed by atoms with Gasteiger partial charge in [-0.25, -0.2) is 4.79 Å². The van der Waals surface area contributed by atoms with Crippen molar-refractivity contribution in [1.29, 1.82) is 0 Å². The maximum Gasteiger partial charge on any atom is 0.335 e. The average molecular weight is 405 g/mol. The van der Waals surface area contributed by atoms with Gasteiger partial charge in [0.1, 0.15) is 0 Å². The van der Waals surface area contributed by atoms with Crippen molar-refractivity contribution in [2.24, 2.45) is 11.8 Å². The number of carboxylic acids is 1. The summed E-state index contributed by atoms with van der Waals surface area (Å²) in [4.78, 5) is 36.8. The first kappa shape index (κ1) is 24.7. The number of anilines is 2. The number of carbonyl (C=O) groups excluding carboxylic acids is 2. The number of benzene rings is 1. The lowest BCUT2D eigenvalue weighted by molar-refractivity contribution is -0.121. The lowest BCUT2D eigenvalue weighted by Gasteiger charge is -2.18. The van der Waals surface area contributed by atoms with Crippen LogP contribution in [0, 0.1) is 11.8 Å². The van der Waals surface area contributed by atoms with Gasteiger partial charge in [0.2, 0.25) is 11.8 Å². The molecule has 162 valence electrons. The van der Waals surface area contributed by atoms with Gasteiger partial charge in [0, 0.05) is 23.2 Å². The molecule has 0 bridgehead atoms. The molecule has 3 N–H and O–H groups in total. The summed E-state index contributed by atoms with van der Waals surface area (Å²) in [6.07, 6.45) is 6.79. The summed E-state index contributed by atoms with van der Waals surface area (Å²) in [6.45, 7) is 8.16. The van der Waals surface area contributed by atoms with Crippen LogP contribution in [0.3, 0.4) is 0 Å². The van der Waals surface area contributed by atoms with Crippen molar-refractivity contribution in [2.45, 2.75) is 79.1 Å². The molecule has 0 aliphatic carbocycles. The molecule has 29 heavy (non-hydrogen) atoms. The topological polar surface area (TPSA) is 95.5 Å². The lowest BCUT2D eigenvalue weighted by atomic mass is 9.97. The summed E-state index contributed by atoms with van der Waals surface area (Å²) in [5.41, 5.74) is 0.818. The van der Waals surface area contributed by atoms with Crippen LogP contribution in [0.15, 0.2) is 18.2 Å². The van der Waals surface area contributed by atoms with Gasteiger partial charge in [-0.1, -0.05) is 53.4 Å². The Labute approximate surface area is 174 Å². The number of rotatable bonds is 13. The lowest BCUT2D eigenvalue weighted by Crippen LogP contribution is -2.24. The number of carbonyl (C=O) groups is 3. The summed E-state index contributed by atoms with van der Waals surface area (Å²) in [5, 5.41) is 15.1. The quantitative estimate of drug-likeness (QED) is 0.393. The monoisotopic (exact) mass is 404 g/mol. The molecular weight excluding hydrogens is 368 g/mol. The van der Waals surface area contributed by atoms with Gasteiger partial charge in [0.25, 0.3) is 0 Å². The van der Waals surface area contributed by atoms with Crippen molar-refractivity contribution in [3.63, 3.8) is 0 Å². The van der Waals surface area contributed by atoms with Crippen molar-refractivity contribution in [2.75, 3.05) is 10.6 Å². The third-order valence-corrected chi connectivity index (χ3v) is 5.01. The van der Waals surface area contributed by atoms with Crippen molar-refractivity contribution >= 4 is 29.2 Å². The van der Waals surface area contributed by atoms with E-state index in [4.69, 9.17) is 0 Å². The molecule has 0 fully saturated rings. The largest absolute Gasteiger partial charge is 0.478 e. The van der Waals surface area contributed by atoms with Gasteiger partial charge in [-0.05, 0) is 43.9 Å². The fraction of sp³-hybridized carbons (Fsp3) is 0.609. The Balaban J connectivity index is 3.06. The Hall–Kier alpha value is -2.37. The summed E-state index contributed by atoms with van der Waals surface area (Å²) in [5.74, 6) is -1.52. The van der Waals surface area contributed by atoms with E-state index in [0.717, 1.165) is 51.4 Å². The number of hydrogen-bond acceptors (Lipinski definition) is 3. The van der Waals surface area contributed by atoms with Gasteiger partial charge in [-0.2, -0.15) is 0 Å². The van der Waals surface area contributed by atoms with Crippen LogP contribution in [-0.4, -0.2) is 22.9 Å². The molecule has 0 unspecified atom stereocenters. The standard InChI is InChI=1S/C23H36N2O4/c1-5-9-16(10-6-2)21(26)24-19-13-18(23(28)29)14-20(15-19)25-22(27)17(11-7-3)12-8-4/h13-17H,5-12H2,1-4H3,(H,24,26)(H,25,27)(H,28,29). The molecule has 0 heterocycles. The van der Waals surface area contributed by atoms with Gasteiger partial charge in [-0.3, -0.25) is 9.59 Å². The molecule has 1 aromatic rings. The molecular formula is C23H36N2O4. The molecule has 0 saturated heterocycles. The zero-order valence-electron chi connectivity index (χ0n) is 18.2. The van der Waals surface area contributed by atoms with Crippen LogP contribution in [-0.2, 0) is 9.59 Å². The Bertz CT molecular complexity index is 627. The molecule has 0 spiro atoms. The van der Waals surface area contributed by atoms with Crippen LogP contribution < -0.4 is 10.6 Å². The highest BCUT2D eigenvalue weighted by Gasteiger charge is 2.20. The van der Waals surface area contributed by atoms with Crippen molar-refractivity contribution in [3.8, 4) is 0 Å². The Morgan fingerprint density at radius 1 is 0.724 bits per heavy atom. The first-order valence-corrected chi connectivity index (χ1v) is 10.9. The Kier molecular flexibility index (Phi) is 11.0. The normalized spacial score (nSPS) is 11.0. The van der Waals surface area contributed by atoms with E-state index in [0.29, 0.717) is 11.4 Å². The van der Waals surface area contributed by atoms with Crippen molar-refractivity contribution < 1.29 is 19.5 Å². The van der Waals surface area contributed by atoms with E-state index in [9.17, 15) is 19.5 Å². The van der Waals surface area contributed by atoms with Gasteiger partial charge in [0.15, 0.2) is 0 Å². The van der Waals surface area contributed by atoms with Gasteiger partial charge in [0.05, 0.1) is 5.56 Å². The second-order valence-corrected chi connectivity index (χ2v) is 7.63. The molecule has 0 saturated carbocycles. The van der Waals surface area contributed by atoms with Crippen LogP contribution in [0.25, 0.3) is 0 Å². The first-order valence-electron chi connectivity index (χ1n) is 10.9. The molecule has 0 atom stereocenters. The van der Waals surface area contributed by atoms with E-state index >= 15 is 0 Å². The van der Waals surface area contributed by atoms with Gasteiger partial charge < -0.3 is 15.7 Å². The fourth-order valence-electron chi connectivity index (χ4n) is 3.59. The van der Waals surface area contributed by atoms with E-state index < -0.39 is 5.97 Å². The summed E-state index contributed by atoms with van der Waals surface area (Å²) >= 11 is 0. The Morgan fingerprint density at radius 3 is 1.34 bits per heavy atom. The highest BCUT2D eigenvalue weighted by Crippen LogP contribution is 2.24. The summed E-state index contributed by atoms with van der Waals surface area (Å²) in [7, 11) is 0. The van der Waals surface area contributed by atoms with Crippen LogP contribution in [0.2, 0.25) is 0 Å². The molecule has 6 heteroatoms. The molecule has 1 rings (SSSR count). The van der Waals surface area contributed by atoms with Crippen LogP contribution in [0.4, 0.5) is 11.4 Å². The second-order valence-electron chi connectivity index (χ2n) is 7.63. The SMILES string of the molecule is CCCC(CCC)C(=O)Nc1cc(NC(=O)C(CCC)CCC)cc(C(=O)O)c1. The number of carboxylic acid groups (broad SMARTS) is 1. The van der Waals surface area contributed by atoms with E-state index in [1.165, 1.54) is 12.1 Å². The van der Waals surface area contributed by atoms with E-state index in [1.807, 2.05) is 27.7 Å². The molecule has 6 nitrogen and oxygen atoms in total. The minimum atomic E-state index is -1.10. The molecule has 0 aromatic heterocycles. The molecule has 0 aliphatic rings. The maximum atomic E-state index is 12.6. The molecule has 2 amide bonds. The number of nitrogens with one attached hydrogen (secondary N) is 2. The van der Waals surface area contributed by atoms with Crippen LogP contribution >= 0.6 is 0 Å². The summed E-state index contributed by atoms with van der Waals surface area (Å²) < 4.78 is 0. The first-order chi connectivity index (χ1) is 13.9. The predicted octanol–water partition coefficient (Wildman–Crippen LogP) is 5.69. The number of aromatic carboxylic acids is 1. The van der Waals surface area contributed by atoms with E-state index in [1.54, 1.807) is 6.07 Å². The minimum Gasteiger partial charge on any atom is -0.478 e. The predicted molar refractivity (Wildman–Crippen MR) is 117 cm³/mol. The van der Waals surface area contributed by atoms with E-state index in [-0.39, 0.29) is 29.2 Å². The number of hydrogen-bond donors (Lipinski definition) is 3. The molecule has 0 aliphatic heterocycles. The highest BCUT2D eigenvalue weighted by atomic mass is 16.4. The average Bonchev–Trinajstić information content (AvgIpc) is 2.67. The van der Waals surface area contributed by atoms with Crippen LogP contribution in [0.1, 0.15) is 89.4 Å². The minimum absolute atomic E-state index is 0.0307. The van der Waals surface area contributed by atoms with Crippen LogP contribution in [0.5, 0.6) is 0 Å². The van der Waals surface area contributed by atoms with Gasteiger partial charge >= 0.3 is 5.97 Å². The maximum absolute atomic E-state index is 12.6. The van der Waals surface area contributed by atoms with Gasteiger partial charge in [-0.15, -0.1) is 0 Å². The van der Waals surface area contributed by atoms with Crippen molar-refractivity contribution in [3.05, 3.63) is 23.8 Å². The zero-order valence-corrected chi connectivity index (χ0v) is 18.2. The second kappa shape index (κ2) is 13.0. The zero-order chi connectivity index (χ0) is 21.8. The fourth-order valence-corrected chi connectivity index (χ4v) is 3.59. The number of amides is 2.